The summed E-state index contributed by atoms with van der Waals surface area (Å²) in [6, 6.07) is 38.7. The number of aromatic carboxylic acids is 1. The summed E-state index contributed by atoms with van der Waals surface area (Å²) in [5.41, 5.74) is 13.8. The van der Waals surface area contributed by atoms with Crippen molar-refractivity contribution in [2.24, 2.45) is 0 Å². The van der Waals surface area contributed by atoms with Crippen LogP contribution in [0.2, 0.25) is 0 Å². The van der Waals surface area contributed by atoms with Crippen molar-refractivity contribution in [3.8, 4) is 44.6 Å². The molecule has 0 amide bonds. The fourth-order valence-corrected chi connectivity index (χ4v) is 5.53. The Morgan fingerprint density at radius 2 is 1.44 bits per heavy atom. The van der Waals surface area contributed by atoms with Crippen LogP contribution in [0.3, 0.4) is 0 Å². The minimum Gasteiger partial charge on any atom is -0.477 e. The van der Waals surface area contributed by atoms with Crippen molar-refractivity contribution in [3.63, 3.8) is 0 Å². The molecule has 2 aliphatic carbocycles. The van der Waals surface area contributed by atoms with Crippen molar-refractivity contribution >= 4 is 16.9 Å². The third kappa shape index (κ3) is 4.26. The van der Waals surface area contributed by atoms with Gasteiger partial charge < -0.3 is 5.11 Å². The molecule has 0 atom stereocenters. The largest absolute Gasteiger partial charge is 0.477 e. The molecule has 0 saturated carbocycles. The van der Waals surface area contributed by atoms with Crippen LogP contribution in [0.15, 0.2) is 109 Å². The monoisotopic (exact) mass is 682 g/mol. The molecule has 1 N–H and O–H groups in total. The van der Waals surface area contributed by atoms with Crippen LogP contribution < -0.4 is 0 Å². The number of hydrogen-bond acceptors (Lipinski definition) is 3. The molecule has 0 saturated heterocycles. The Hall–Kier alpha value is -4.44. The van der Waals surface area contributed by atoms with E-state index in [0.29, 0.717) is 0 Å². The van der Waals surface area contributed by atoms with Crippen molar-refractivity contribution in [2.75, 3.05) is 0 Å². The molecule has 5 heteroatoms. The van der Waals surface area contributed by atoms with Crippen molar-refractivity contribution in [2.45, 2.75) is 6.42 Å². The summed E-state index contributed by atoms with van der Waals surface area (Å²) in [4.78, 5) is 18.8. The molecule has 0 fully saturated rings. The SMILES string of the molecule is O=C(O)c1ccccn1.[Ir].[c-]1cc2c(cc1-c1cc3c4c(cccc4n1)-c1ccccc1-3)Cc1ccccc1-2. The Morgan fingerprint density at radius 1 is 0.718 bits per heavy atom. The van der Waals surface area contributed by atoms with E-state index in [9.17, 15) is 4.79 Å². The Balaban J connectivity index is 0.000000239. The topological polar surface area (TPSA) is 63.1 Å². The number of carboxylic acid groups (broad SMARTS) is 1. The minimum absolute atomic E-state index is 0. The van der Waals surface area contributed by atoms with Crippen molar-refractivity contribution in [1.82, 2.24) is 9.97 Å². The summed E-state index contributed by atoms with van der Waals surface area (Å²) < 4.78 is 0. The Labute approximate surface area is 239 Å². The summed E-state index contributed by atoms with van der Waals surface area (Å²) in [7, 11) is 0. The Kier molecular flexibility index (Phi) is 6.40. The Bertz CT molecular complexity index is 1880. The van der Waals surface area contributed by atoms with E-state index < -0.39 is 5.97 Å². The van der Waals surface area contributed by atoms with Crippen LogP contribution in [-0.4, -0.2) is 21.0 Å². The van der Waals surface area contributed by atoms with E-state index in [2.05, 4.69) is 96.0 Å². The maximum Gasteiger partial charge on any atom is 0.354 e. The van der Waals surface area contributed by atoms with Crippen molar-refractivity contribution in [1.29, 1.82) is 0 Å². The van der Waals surface area contributed by atoms with E-state index in [0.717, 1.165) is 23.2 Å². The number of carbonyl (C=O) groups is 1. The van der Waals surface area contributed by atoms with Gasteiger partial charge in [-0.15, -0.1) is 29.3 Å². The van der Waals surface area contributed by atoms with E-state index >= 15 is 0 Å². The van der Waals surface area contributed by atoms with E-state index in [-0.39, 0.29) is 25.8 Å². The van der Waals surface area contributed by atoms with Crippen LogP contribution >= 0.6 is 0 Å². The van der Waals surface area contributed by atoms with E-state index in [1.54, 1.807) is 12.1 Å². The molecule has 1 radical (unpaired) electrons. The number of carboxylic acids is 1. The van der Waals surface area contributed by atoms with E-state index in [1.807, 2.05) is 0 Å². The standard InChI is InChI=1S/C28H16N.C6H5NO2.Ir/c1-2-7-20-17(6-1)14-19-15-18(12-13-21(19)20)27-16-25-23-9-4-3-8-22(23)24-10-5-11-26(29-27)28(24)25;8-6(9)5-3-1-2-4-7-5;/h1-11,13,15-16H,14H2;1-4H,(H,8,9);/q-1;;. The third-order valence-corrected chi connectivity index (χ3v) is 7.23. The van der Waals surface area contributed by atoms with Gasteiger partial charge in [0.2, 0.25) is 0 Å². The van der Waals surface area contributed by atoms with Crippen LogP contribution in [0.25, 0.3) is 55.5 Å². The van der Waals surface area contributed by atoms with Crippen LogP contribution in [0.4, 0.5) is 0 Å². The van der Waals surface area contributed by atoms with Gasteiger partial charge in [0.15, 0.2) is 0 Å². The average Bonchev–Trinajstić information content (AvgIpc) is 3.50. The van der Waals surface area contributed by atoms with Crippen LogP contribution in [0.5, 0.6) is 0 Å². The summed E-state index contributed by atoms with van der Waals surface area (Å²) in [5.74, 6) is -0.990. The third-order valence-electron chi connectivity index (χ3n) is 7.23. The number of nitrogens with zero attached hydrogens (tertiary/aromatic N) is 2. The molecule has 0 bridgehead atoms. The van der Waals surface area contributed by atoms with Crippen LogP contribution in [0, 0.1) is 6.07 Å². The van der Waals surface area contributed by atoms with Gasteiger partial charge in [-0.2, -0.15) is 0 Å². The summed E-state index contributed by atoms with van der Waals surface area (Å²) in [5, 5.41) is 9.59. The fraction of sp³-hybridized carbons (Fsp3) is 0.0294. The number of aromatic nitrogens is 2. The molecular formula is C34H21IrN2O2-. The molecular weight excluding hydrogens is 661 g/mol. The molecule has 0 spiro atoms. The second-order valence-electron chi connectivity index (χ2n) is 9.44. The van der Waals surface area contributed by atoms with Crippen molar-refractivity contribution < 1.29 is 30.0 Å². The number of rotatable bonds is 2. The van der Waals surface area contributed by atoms with Gasteiger partial charge in [0.25, 0.3) is 0 Å². The molecule has 2 aromatic heterocycles. The molecule has 6 aromatic rings. The van der Waals surface area contributed by atoms with Gasteiger partial charge in [0.1, 0.15) is 5.69 Å². The second-order valence-corrected chi connectivity index (χ2v) is 9.44. The smallest absolute Gasteiger partial charge is 0.354 e. The van der Waals surface area contributed by atoms with Gasteiger partial charge in [-0.3, -0.25) is 4.98 Å². The number of hydrogen-bond donors (Lipinski definition) is 1. The first-order valence-corrected chi connectivity index (χ1v) is 12.5. The molecule has 4 aromatic carbocycles. The van der Waals surface area contributed by atoms with Gasteiger partial charge in [-0.05, 0) is 58.1 Å². The summed E-state index contributed by atoms with van der Waals surface area (Å²) in [6.45, 7) is 0. The van der Waals surface area contributed by atoms with Crippen LogP contribution in [0.1, 0.15) is 21.6 Å². The zero-order valence-corrected chi connectivity index (χ0v) is 23.1. The average molecular weight is 682 g/mol. The first-order chi connectivity index (χ1) is 18.7. The van der Waals surface area contributed by atoms with Gasteiger partial charge in [0, 0.05) is 31.7 Å². The molecule has 0 aliphatic heterocycles. The maximum absolute atomic E-state index is 10.1. The zero-order valence-electron chi connectivity index (χ0n) is 20.7. The zero-order chi connectivity index (χ0) is 25.6. The molecule has 4 nitrogen and oxygen atoms in total. The number of benzene rings is 4. The van der Waals surface area contributed by atoms with E-state index in [4.69, 9.17) is 10.1 Å². The second kappa shape index (κ2) is 10.0. The fourth-order valence-electron chi connectivity index (χ4n) is 5.53. The minimum atomic E-state index is -0.990. The molecule has 2 aliphatic rings. The first kappa shape index (κ1) is 24.9. The quantitative estimate of drug-likeness (QED) is 0.190. The summed E-state index contributed by atoms with van der Waals surface area (Å²) in [6.07, 6.45) is 2.43. The molecule has 0 unspecified atom stereocenters. The number of pyridine rings is 2. The van der Waals surface area contributed by atoms with Crippen molar-refractivity contribution in [3.05, 3.63) is 132 Å². The van der Waals surface area contributed by atoms with Gasteiger partial charge in [-0.1, -0.05) is 83.9 Å². The number of fused-ring (bicyclic) bond motifs is 6. The van der Waals surface area contributed by atoms with Gasteiger partial charge >= 0.3 is 5.97 Å². The molecule has 8 rings (SSSR count). The van der Waals surface area contributed by atoms with Crippen LogP contribution in [-0.2, 0) is 26.5 Å². The first-order valence-electron chi connectivity index (χ1n) is 12.5. The Morgan fingerprint density at radius 3 is 2.18 bits per heavy atom. The van der Waals surface area contributed by atoms with Gasteiger partial charge in [-0.25, -0.2) is 9.78 Å². The van der Waals surface area contributed by atoms with Gasteiger partial charge in [0.05, 0.1) is 5.52 Å². The summed E-state index contributed by atoms with van der Waals surface area (Å²) >= 11 is 0. The predicted octanol–water partition coefficient (Wildman–Crippen LogP) is 7.70. The molecule has 39 heavy (non-hydrogen) atoms. The predicted molar refractivity (Wildman–Crippen MR) is 150 cm³/mol. The molecule has 2 heterocycles. The van der Waals surface area contributed by atoms with E-state index in [1.165, 1.54) is 62.2 Å². The normalized spacial score (nSPS) is 11.5. The molecule has 189 valence electrons. The maximum atomic E-state index is 10.1.